The summed E-state index contributed by atoms with van der Waals surface area (Å²) in [5, 5.41) is 10.2. The second-order valence-corrected chi connectivity index (χ2v) is 6.79. The summed E-state index contributed by atoms with van der Waals surface area (Å²) in [5.74, 6) is -0.860. The molecule has 0 radical (unpaired) electrons. The number of thiazole rings is 1. The van der Waals surface area contributed by atoms with Crippen LogP contribution in [0.25, 0.3) is 0 Å². The average Bonchev–Trinajstić information content (AvgIpc) is 2.76. The number of aryl methyl sites for hydroxylation is 2. The van der Waals surface area contributed by atoms with Crippen molar-refractivity contribution in [3.63, 3.8) is 0 Å². The summed E-state index contributed by atoms with van der Waals surface area (Å²) in [7, 11) is 0. The molecule has 0 bridgehead atoms. The molecule has 0 fully saturated rings. The van der Waals surface area contributed by atoms with Crippen LogP contribution in [-0.4, -0.2) is 27.5 Å². The van der Waals surface area contributed by atoms with Crippen molar-refractivity contribution in [1.82, 2.24) is 9.88 Å². The Morgan fingerprint density at radius 3 is 2.86 bits per heavy atom. The van der Waals surface area contributed by atoms with Gasteiger partial charge in [-0.05, 0) is 43.5 Å². The molecule has 1 aliphatic rings. The number of carboxylic acids is 1. The molecule has 0 amide bonds. The minimum atomic E-state index is -0.860. The van der Waals surface area contributed by atoms with Gasteiger partial charge in [-0.2, -0.15) is 0 Å². The minimum Gasteiger partial charge on any atom is -0.478 e. The van der Waals surface area contributed by atoms with Crippen LogP contribution in [-0.2, 0) is 19.5 Å². The van der Waals surface area contributed by atoms with Gasteiger partial charge in [-0.1, -0.05) is 6.07 Å². The molecule has 3 rings (SSSR count). The third-order valence-corrected chi connectivity index (χ3v) is 5.03. The quantitative estimate of drug-likeness (QED) is 0.947. The van der Waals surface area contributed by atoms with Gasteiger partial charge in [0.05, 0.1) is 17.8 Å². The molecule has 0 atom stereocenters. The fraction of sp³-hybridized carbons (Fsp3) is 0.375. The first kappa shape index (κ1) is 14.2. The van der Waals surface area contributed by atoms with Crippen LogP contribution >= 0.6 is 11.3 Å². The van der Waals surface area contributed by atoms with E-state index in [1.165, 1.54) is 10.4 Å². The highest BCUT2D eigenvalue weighted by molar-refractivity contribution is 7.11. The molecular formula is C16H18N2O2S. The van der Waals surface area contributed by atoms with Gasteiger partial charge in [0.15, 0.2) is 0 Å². The molecule has 1 aromatic heterocycles. The maximum atomic E-state index is 11.1. The molecule has 0 saturated carbocycles. The van der Waals surface area contributed by atoms with Crippen molar-refractivity contribution >= 4 is 17.3 Å². The van der Waals surface area contributed by atoms with Gasteiger partial charge < -0.3 is 5.11 Å². The summed E-state index contributed by atoms with van der Waals surface area (Å²) in [6.45, 7) is 6.78. The van der Waals surface area contributed by atoms with Gasteiger partial charge in [0.2, 0.25) is 0 Å². The van der Waals surface area contributed by atoms with Gasteiger partial charge in [0, 0.05) is 18.0 Å². The SMILES string of the molecule is Cc1nc(CN2CCc3ccc(C(=O)O)cc3C2)sc1C. The maximum absolute atomic E-state index is 11.1. The maximum Gasteiger partial charge on any atom is 0.335 e. The summed E-state index contributed by atoms with van der Waals surface area (Å²) in [6, 6.07) is 5.46. The molecule has 1 aromatic carbocycles. The molecule has 110 valence electrons. The number of hydrogen-bond donors (Lipinski definition) is 1. The highest BCUT2D eigenvalue weighted by Crippen LogP contribution is 2.24. The van der Waals surface area contributed by atoms with Crippen LogP contribution in [0.1, 0.15) is 37.1 Å². The molecule has 2 heterocycles. The van der Waals surface area contributed by atoms with Crippen LogP contribution in [0.2, 0.25) is 0 Å². The largest absolute Gasteiger partial charge is 0.478 e. The Morgan fingerprint density at radius 1 is 1.38 bits per heavy atom. The summed E-state index contributed by atoms with van der Waals surface area (Å²) < 4.78 is 0. The third kappa shape index (κ3) is 2.99. The highest BCUT2D eigenvalue weighted by atomic mass is 32.1. The molecule has 21 heavy (non-hydrogen) atoms. The Balaban J connectivity index is 1.77. The van der Waals surface area contributed by atoms with Crippen LogP contribution in [0.4, 0.5) is 0 Å². The van der Waals surface area contributed by atoms with E-state index in [-0.39, 0.29) is 0 Å². The lowest BCUT2D eigenvalue weighted by Gasteiger charge is -2.28. The standard InChI is InChI=1S/C16H18N2O2S/c1-10-11(2)21-15(17-10)9-18-6-5-12-3-4-13(16(19)20)7-14(12)8-18/h3-4,7H,5-6,8-9H2,1-2H3,(H,19,20). The Kier molecular flexibility index (Phi) is 3.78. The molecule has 4 nitrogen and oxygen atoms in total. The molecule has 2 aromatic rings. The van der Waals surface area contributed by atoms with Crippen molar-refractivity contribution in [3.05, 3.63) is 50.5 Å². The van der Waals surface area contributed by atoms with E-state index in [0.29, 0.717) is 5.56 Å². The van der Waals surface area contributed by atoms with Crippen molar-refractivity contribution in [2.24, 2.45) is 0 Å². The number of aromatic nitrogens is 1. The number of fused-ring (bicyclic) bond motifs is 1. The molecule has 5 heteroatoms. The second-order valence-electron chi connectivity index (χ2n) is 5.50. The van der Waals surface area contributed by atoms with Crippen molar-refractivity contribution in [3.8, 4) is 0 Å². The molecular weight excluding hydrogens is 284 g/mol. The molecule has 0 spiro atoms. The van der Waals surface area contributed by atoms with Crippen LogP contribution in [0.5, 0.6) is 0 Å². The Hall–Kier alpha value is -1.72. The second kappa shape index (κ2) is 5.58. The lowest BCUT2D eigenvalue weighted by atomic mass is 9.97. The van der Waals surface area contributed by atoms with Crippen molar-refractivity contribution in [2.45, 2.75) is 33.4 Å². The van der Waals surface area contributed by atoms with E-state index < -0.39 is 5.97 Å². The van der Waals surface area contributed by atoms with E-state index in [1.54, 1.807) is 17.4 Å². The van der Waals surface area contributed by atoms with Gasteiger partial charge in [-0.25, -0.2) is 9.78 Å². The number of aromatic carboxylic acids is 1. The molecule has 1 aliphatic heterocycles. The van der Waals surface area contributed by atoms with Crippen LogP contribution < -0.4 is 0 Å². The van der Waals surface area contributed by atoms with E-state index in [0.717, 1.165) is 42.3 Å². The van der Waals surface area contributed by atoms with Crippen LogP contribution in [0.15, 0.2) is 18.2 Å². The normalized spacial score (nSPS) is 15.0. The zero-order valence-electron chi connectivity index (χ0n) is 12.2. The summed E-state index contributed by atoms with van der Waals surface area (Å²) >= 11 is 1.75. The predicted octanol–water partition coefficient (Wildman–Crippen LogP) is 3.02. The van der Waals surface area contributed by atoms with Gasteiger partial charge in [0.25, 0.3) is 0 Å². The number of nitrogens with zero attached hydrogens (tertiary/aromatic N) is 2. The van der Waals surface area contributed by atoms with Gasteiger partial charge in [-0.3, -0.25) is 4.90 Å². The van der Waals surface area contributed by atoms with Gasteiger partial charge >= 0.3 is 5.97 Å². The monoisotopic (exact) mass is 302 g/mol. The Labute approximate surface area is 128 Å². The molecule has 0 unspecified atom stereocenters. The highest BCUT2D eigenvalue weighted by Gasteiger charge is 2.19. The average molecular weight is 302 g/mol. The van der Waals surface area contributed by atoms with E-state index in [9.17, 15) is 4.79 Å². The van der Waals surface area contributed by atoms with Crippen LogP contribution in [0, 0.1) is 13.8 Å². The predicted molar refractivity (Wildman–Crippen MR) is 82.8 cm³/mol. The zero-order valence-corrected chi connectivity index (χ0v) is 13.0. The lowest BCUT2D eigenvalue weighted by Crippen LogP contribution is -2.30. The van der Waals surface area contributed by atoms with Gasteiger partial charge in [-0.15, -0.1) is 11.3 Å². The number of hydrogen-bond acceptors (Lipinski definition) is 4. The first-order valence-corrected chi connectivity index (χ1v) is 7.85. The molecule has 1 N–H and O–H groups in total. The van der Waals surface area contributed by atoms with E-state index >= 15 is 0 Å². The number of rotatable bonds is 3. The fourth-order valence-electron chi connectivity index (χ4n) is 2.68. The summed E-state index contributed by atoms with van der Waals surface area (Å²) in [6.07, 6.45) is 0.971. The van der Waals surface area contributed by atoms with Crippen molar-refractivity contribution in [1.29, 1.82) is 0 Å². The summed E-state index contributed by atoms with van der Waals surface area (Å²) in [4.78, 5) is 19.3. The molecule has 0 saturated heterocycles. The van der Waals surface area contributed by atoms with Crippen molar-refractivity contribution < 1.29 is 9.90 Å². The zero-order chi connectivity index (χ0) is 15.0. The van der Waals surface area contributed by atoms with E-state index in [4.69, 9.17) is 5.11 Å². The van der Waals surface area contributed by atoms with Crippen molar-refractivity contribution in [2.75, 3.05) is 6.54 Å². The molecule has 0 aliphatic carbocycles. The number of carbonyl (C=O) groups is 1. The minimum absolute atomic E-state index is 0.372. The topological polar surface area (TPSA) is 53.4 Å². The van der Waals surface area contributed by atoms with E-state index in [1.807, 2.05) is 19.1 Å². The number of carboxylic acid groups (broad SMARTS) is 1. The fourth-order valence-corrected chi connectivity index (χ4v) is 3.66. The Morgan fingerprint density at radius 2 is 2.19 bits per heavy atom. The Bertz CT molecular complexity index is 674. The van der Waals surface area contributed by atoms with Gasteiger partial charge in [0.1, 0.15) is 5.01 Å². The van der Waals surface area contributed by atoms with E-state index in [2.05, 4.69) is 16.8 Å². The first-order valence-electron chi connectivity index (χ1n) is 7.03. The summed E-state index contributed by atoms with van der Waals surface area (Å²) in [5.41, 5.74) is 3.88. The number of benzene rings is 1. The third-order valence-electron chi connectivity index (χ3n) is 3.98. The smallest absolute Gasteiger partial charge is 0.335 e. The first-order chi connectivity index (χ1) is 10.0. The lowest BCUT2D eigenvalue weighted by molar-refractivity contribution is 0.0696. The van der Waals surface area contributed by atoms with Crippen LogP contribution in [0.3, 0.4) is 0 Å².